The summed E-state index contributed by atoms with van der Waals surface area (Å²) in [6.07, 6.45) is 4.00. The third kappa shape index (κ3) is 2.35. The van der Waals surface area contributed by atoms with Gasteiger partial charge in [0.25, 0.3) is 0 Å². The van der Waals surface area contributed by atoms with E-state index >= 15 is 0 Å². The molecule has 0 aliphatic rings. The molecule has 14 heavy (non-hydrogen) atoms. The van der Waals surface area contributed by atoms with Crippen molar-refractivity contribution < 1.29 is 0 Å². The SMILES string of the molecule is CCCn1nccc1C(C)(C)CCN. The molecule has 2 N–H and O–H groups in total. The molecule has 0 aromatic carbocycles. The highest BCUT2D eigenvalue weighted by atomic mass is 15.3. The molecule has 3 heteroatoms. The number of rotatable bonds is 5. The zero-order valence-corrected chi connectivity index (χ0v) is 9.45. The molecule has 0 aliphatic heterocycles. The van der Waals surface area contributed by atoms with E-state index in [0.29, 0.717) is 0 Å². The van der Waals surface area contributed by atoms with Gasteiger partial charge in [-0.2, -0.15) is 5.10 Å². The Morgan fingerprint density at radius 1 is 1.50 bits per heavy atom. The highest BCUT2D eigenvalue weighted by Crippen LogP contribution is 2.26. The van der Waals surface area contributed by atoms with Gasteiger partial charge in [0, 0.05) is 23.9 Å². The first-order chi connectivity index (χ1) is 6.61. The Balaban J connectivity index is 2.87. The number of aryl methyl sites for hydroxylation is 1. The van der Waals surface area contributed by atoms with Gasteiger partial charge < -0.3 is 5.73 Å². The second-order valence-corrected chi connectivity index (χ2v) is 4.36. The van der Waals surface area contributed by atoms with Gasteiger partial charge in [0.05, 0.1) is 0 Å². The van der Waals surface area contributed by atoms with Crippen LogP contribution in [0.1, 0.15) is 39.3 Å². The second-order valence-electron chi connectivity index (χ2n) is 4.36. The summed E-state index contributed by atoms with van der Waals surface area (Å²) in [5.41, 5.74) is 7.05. The molecule has 1 heterocycles. The fraction of sp³-hybridized carbons (Fsp3) is 0.727. The molecule has 1 aromatic rings. The minimum absolute atomic E-state index is 0.139. The van der Waals surface area contributed by atoms with E-state index < -0.39 is 0 Å². The van der Waals surface area contributed by atoms with Crippen molar-refractivity contribution in [2.24, 2.45) is 5.73 Å². The lowest BCUT2D eigenvalue weighted by Crippen LogP contribution is -2.25. The molecule has 3 nitrogen and oxygen atoms in total. The number of hydrogen-bond acceptors (Lipinski definition) is 2. The zero-order valence-electron chi connectivity index (χ0n) is 9.45. The summed E-state index contributed by atoms with van der Waals surface area (Å²) >= 11 is 0. The van der Waals surface area contributed by atoms with Crippen molar-refractivity contribution >= 4 is 0 Å². The van der Waals surface area contributed by atoms with E-state index in [1.54, 1.807) is 0 Å². The van der Waals surface area contributed by atoms with Gasteiger partial charge in [0.1, 0.15) is 0 Å². The molecule has 0 radical (unpaired) electrons. The summed E-state index contributed by atoms with van der Waals surface area (Å²) in [7, 11) is 0. The highest BCUT2D eigenvalue weighted by molar-refractivity contribution is 5.13. The topological polar surface area (TPSA) is 43.8 Å². The van der Waals surface area contributed by atoms with E-state index in [1.807, 2.05) is 6.20 Å². The average Bonchev–Trinajstić information content (AvgIpc) is 2.53. The first-order valence-corrected chi connectivity index (χ1v) is 5.34. The van der Waals surface area contributed by atoms with Crippen LogP contribution in [0.25, 0.3) is 0 Å². The maximum absolute atomic E-state index is 5.62. The molecule has 1 rings (SSSR count). The van der Waals surface area contributed by atoms with Gasteiger partial charge in [0.2, 0.25) is 0 Å². The third-order valence-corrected chi connectivity index (χ3v) is 2.61. The number of nitrogens with two attached hydrogens (primary N) is 1. The van der Waals surface area contributed by atoms with Crippen LogP contribution in [-0.4, -0.2) is 16.3 Å². The lowest BCUT2D eigenvalue weighted by Gasteiger charge is -2.25. The third-order valence-electron chi connectivity index (χ3n) is 2.61. The monoisotopic (exact) mass is 195 g/mol. The largest absolute Gasteiger partial charge is 0.330 e. The molecule has 0 saturated carbocycles. The van der Waals surface area contributed by atoms with Gasteiger partial charge in [-0.05, 0) is 25.5 Å². The summed E-state index contributed by atoms with van der Waals surface area (Å²) in [5, 5.41) is 4.33. The molecule has 0 atom stereocenters. The molecular formula is C11H21N3. The van der Waals surface area contributed by atoms with Gasteiger partial charge in [0.15, 0.2) is 0 Å². The average molecular weight is 195 g/mol. The molecule has 0 spiro atoms. The highest BCUT2D eigenvalue weighted by Gasteiger charge is 2.23. The summed E-state index contributed by atoms with van der Waals surface area (Å²) in [4.78, 5) is 0. The predicted molar refractivity (Wildman–Crippen MR) is 59.2 cm³/mol. The molecule has 0 amide bonds. The zero-order chi connectivity index (χ0) is 10.6. The van der Waals surface area contributed by atoms with Gasteiger partial charge in [-0.25, -0.2) is 0 Å². The van der Waals surface area contributed by atoms with E-state index in [2.05, 4.69) is 36.6 Å². The fourth-order valence-corrected chi connectivity index (χ4v) is 1.79. The van der Waals surface area contributed by atoms with Crippen LogP contribution in [0.3, 0.4) is 0 Å². The van der Waals surface area contributed by atoms with Crippen molar-refractivity contribution in [3.05, 3.63) is 18.0 Å². The summed E-state index contributed by atoms with van der Waals surface area (Å²) in [5.74, 6) is 0. The minimum atomic E-state index is 0.139. The van der Waals surface area contributed by atoms with Crippen LogP contribution < -0.4 is 5.73 Å². The fourth-order valence-electron chi connectivity index (χ4n) is 1.79. The van der Waals surface area contributed by atoms with Crippen molar-refractivity contribution in [2.45, 2.75) is 45.6 Å². The molecular weight excluding hydrogens is 174 g/mol. The maximum Gasteiger partial charge on any atom is 0.0492 e. The molecule has 0 unspecified atom stereocenters. The van der Waals surface area contributed by atoms with Crippen LogP contribution in [0.15, 0.2) is 12.3 Å². The number of nitrogens with zero attached hydrogens (tertiary/aromatic N) is 2. The molecule has 1 aromatic heterocycles. The Kier molecular flexibility index (Phi) is 3.69. The summed E-state index contributed by atoms with van der Waals surface area (Å²) in [6.45, 7) is 8.34. The standard InChI is InChI=1S/C11H21N3/c1-4-9-14-10(5-8-13-14)11(2,3)6-7-12/h5,8H,4,6-7,9,12H2,1-3H3. The molecule has 0 fully saturated rings. The maximum atomic E-state index is 5.62. The van der Waals surface area contributed by atoms with E-state index in [1.165, 1.54) is 5.69 Å². The lowest BCUT2D eigenvalue weighted by atomic mass is 9.85. The van der Waals surface area contributed by atoms with Gasteiger partial charge >= 0.3 is 0 Å². The van der Waals surface area contributed by atoms with Crippen LogP contribution in [0.2, 0.25) is 0 Å². The van der Waals surface area contributed by atoms with E-state index in [9.17, 15) is 0 Å². The Bertz CT molecular complexity index is 276. The molecule has 0 bridgehead atoms. The van der Waals surface area contributed by atoms with Crippen molar-refractivity contribution in [1.82, 2.24) is 9.78 Å². The Morgan fingerprint density at radius 3 is 2.79 bits per heavy atom. The van der Waals surface area contributed by atoms with E-state index in [-0.39, 0.29) is 5.41 Å². The first-order valence-electron chi connectivity index (χ1n) is 5.34. The van der Waals surface area contributed by atoms with Gasteiger partial charge in [-0.3, -0.25) is 4.68 Å². The van der Waals surface area contributed by atoms with Crippen molar-refractivity contribution in [3.8, 4) is 0 Å². The second kappa shape index (κ2) is 4.60. The van der Waals surface area contributed by atoms with Gasteiger partial charge in [-0.1, -0.05) is 20.8 Å². The van der Waals surface area contributed by atoms with E-state index in [0.717, 1.165) is 25.9 Å². The number of hydrogen-bond donors (Lipinski definition) is 1. The lowest BCUT2D eigenvalue weighted by molar-refractivity contribution is 0.427. The molecule has 80 valence electrons. The Labute approximate surface area is 86.3 Å². The van der Waals surface area contributed by atoms with Crippen LogP contribution in [0.4, 0.5) is 0 Å². The summed E-state index contributed by atoms with van der Waals surface area (Å²) in [6, 6.07) is 2.10. The summed E-state index contributed by atoms with van der Waals surface area (Å²) < 4.78 is 2.09. The number of aromatic nitrogens is 2. The quantitative estimate of drug-likeness (QED) is 0.780. The Hall–Kier alpha value is -0.830. The van der Waals surface area contributed by atoms with Crippen LogP contribution in [0.5, 0.6) is 0 Å². The van der Waals surface area contributed by atoms with Crippen LogP contribution in [0, 0.1) is 0 Å². The molecule has 0 saturated heterocycles. The minimum Gasteiger partial charge on any atom is -0.330 e. The van der Waals surface area contributed by atoms with Crippen molar-refractivity contribution in [3.63, 3.8) is 0 Å². The normalized spacial score (nSPS) is 12.0. The van der Waals surface area contributed by atoms with Crippen LogP contribution in [-0.2, 0) is 12.0 Å². The predicted octanol–water partition coefficient (Wildman–Crippen LogP) is 1.92. The van der Waals surface area contributed by atoms with Crippen molar-refractivity contribution in [1.29, 1.82) is 0 Å². The Morgan fingerprint density at radius 2 is 2.21 bits per heavy atom. The van der Waals surface area contributed by atoms with Crippen molar-refractivity contribution in [2.75, 3.05) is 6.54 Å². The van der Waals surface area contributed by atoms with Crippen LogP contribution >= 0.6 is 0 Å². The van der Waals surface area contributed by atoms with E-state index in [4.69, 9.17) is 5.73 Å². The molecule has 0 aliphatic carbocycles. The smallest absolute Gasteiger partial charge is 0.0492 e. The first kappa shape index (κ1) is 11.2. The van der Waals surface area contributed by atoms with Gasteiger partial charge in [-0.15, -0.1) is 0 Å².